The predicted octanol–water partition coefficient (Wildman–Crippen LogP) is 14.1. The van der Waals surface area contributed by atoms with Gasteiger partial charge in [0.1, 0.15) is 11.2 Å². The van der Waals surface area contributed by atoms with E-state index in [1.807, 2.05) is 0 Å². The van der Waals surface area contributed by atoms with Gasteiger partial charge in [0, 0.05) is 38.3 Å². The highest BCUT2D eigenvalue weighted by Gasteiger charge is 2.24. The molecule has 0 amide bonds. The van der Waals surface area contributed by atoms with Crippen molar-refractivity contribution in [3.63, 3.8) is 0 Å². The third-order valence-corrected chi connectivity index (χ3v) is 10.8. The first kappa shape index (κ1) is 29.6. The van der Waals surface area contributed by atoms with Crippen LogP contribution in [0.3, 0.4) is 0 Å². The molecule has 0 aliphatic heterocycles. The molecule has 11 aromatic rings. The van der Waals surface area contributed by atoms with Gasteiger partial charge in [-0.15, -0.1) is 0 Å². The van der Waals surface area contributed by atoms with E-state index in [0.717, 1.165) is 50.1 Å². The molecule has 9 aromatic carbocycles. The van der Waals surface area contributed by atoms with Crippen molar-refractivity contribution < 1.29 is 4.42 Å². The Balaban J connectivity index is 1.23. The van der Waals surface area contributed by atoms with Crippen LogP contribution in [0.5, 0.6) is 0 Å². The number of hydrogen-bond acceptors (Lipinski definition) is 2. The fourth-order valence-electron chi connectivity index (χ4n) is 8.43. The van der Waals surface area contributed by atoms with E-state index in [9.17, 15) is 0 Å². The zero-order chi connectivity index (χ0) is 34.9. The van der Waals surface area contributed by atoms with Gasteiger partial charge in [0.15, 0.2) is 0 Å². The molecule has 53 heavy (non-hydrogen) atoms. The topological polar surface area (TPSA) is 21.3 Å². The maximum absolute atomic E-state index is 6.74. The summed E-state index contributed by atoms with van der Waals surface area (Å²) in [6.07, 6.45) is 0. The molecule has 0 unspecified atom stereocenters. The Morgan fingerprint density at radius 1 is 0.415 bits per heavy atom. The maximum Gasteiger partial charge on any atom is 0.143 e. The molecule has 0 radical (unpaired) electrons. The first-order valence-corrected chi connectivity index (χ1v) is 18.1. The molecule has 2 heterocycles. The molecular weight excluding hydrogens is 645 g/mol. The molecule has 3 heteroatoms. The van der Waals surface area contributed by atoms with Gasteiger partial charge in [-0.25, -0.2) is 0 Å². The first-order chi connectivity index (χ1) is 26.3. The molecule has 11 rings (SSSR count). The van der Waals surface area contributed by atoms with Crippen LogP contribution in [0, 0.1) is 0 Å². The van der Waals surface area contributed by atoms with E-state index < -0.39 is 0 Å². The van der Waals surface area contributed by atoms with Gasteiger partial charge in [0.25, 0.3) is 0 Å². The zero-order valence-electron chi connectivity index (χ0n) is 28.8. The smallest absolute Gasteiger partial charge is 0.143 e. The molecule has 0 saturated heterocycles. The van der Waals surface area contributed by atoms with E-state index in [0.29, 0.717) is 0 Å². The maximum atomic E-state index is 6.74. The van der Waals surface area contributed by atoms with E-state index in [2.05, 4.69) is 204 Å². The molecule has 0 aliphatic carbocycles. The van der Waals surface area contributed by atoms with Gasteiger partial charge in [-0.05, 0) is 82.6 Å². The number of aromatic nitrogens is 1. The lowest BCUT2D eigenvalue weighted by molar-refractivity contribution is 0.672. The van der Waals surface area contributed by atoms with Gasteiger partial charge in [0.2, 0.25) is 0 Å². The second-order valence-electron chi connectivity index (χ2n) is 13.7. The SMILES string of the molecule is c1ccc(-c2ccc(N(c3ccc4c(c3)c3ccccc3n4-c3ccccc3)c3cccc4oc5c6ccccc6ccc5c34)c3ccccc23)cc1. The van der Waals surface area contributed by atoms with Crippen molar-refractivity contribution in [1.82, 2.24) is 4.57 Å². The quantitative estimate of drug-likeness (QED) is 0.181. The van der Waals surface area contributed by atoms with Crippen LogP contribution in [0.1, 0.15) is 0 Å². The largest absolute Gasteiger partial charge is 0.455 e. The van der Waals surface area contributed by atoms with Gasteiger partial charge in [-0.1, -0.05) is 133 Å². The second-order valence-corrected chi connectivity index (χ2v) is 13.7. The summed E-state index contributed by atoms with van der Waals surface area (Å²) in [7, 11) is 0. The van der Waals surface area contributed by atoms with E-state index in [1.165, 1.54) is 49.1 Å². The summed E-state index contributed by atoms with van der Waals surface area (Å²) in [6.45, 7) is 0. The van der Waals surface area contributed by atoms with Crippen molar-refractivity contribution >= 4 is 82.4 Å². The summed E-state index contributed by atoms with van der Waals surface area (Å²) in [5, 5.41) is 9.28. The summed E-state index contributed by atoms with van der Waals surface area (Å²) in [5.41, 5.74) is 10.9. The molecule has 3 nitrogen and oxygen atoms in total. The minimum Gasteiger partial charge on any atom is -0.455 e. The van der Waals surface area contributed by atoms with Crippen molar-refractivity contribution in [3.8, 4) is 16.8 Å². The van der Waals surface area contributed by atoms with Crippen LogP contribution in [-0.2, 0) is 0 Å². The Morgan fingerprint density at radius 2 is 1.11 bits per heavy atom. The van der Waals surface area contributed by atoms with Crippen molar-refractivity contribution in [3.05, 3.63) is 194 Å². The lowest BCUT2D eigenvalue weighted by atomic mass is 9.96. The lowest BCUT2D eigenvalue weighted by Gasteiger charge is -2.28. The molecule has 2 aromatic heterocycles. The fraction of sp³-hybridized carbons (Fsp3) is 0. The molecule has 0 bridgehead atoms. The summed E-state index contributed by atoms with van der Waals surface area (Å²) in [5.74, 6) is 0. The third kappa shape index (κ3) is 4.54. The average molecular weight is 677 g/mol. The van der Waals surface area contributed by atoms with Gasteiger partial charge >= 0.3 is 0 Å². The highest BCUT2D eigenvalue weighted by atomic mass is 16.3. The highest BCUT2D eigenvalue weighted by Crippen LogP contribution is 2.48. The first-order valence-electron chi connectivity index (χ1n) is 18.1. The number of benzene rings is 9. The number of hydrogen-bond donors (Lipinski definition) is 0. The summed E-state index contributed by atoms with van der Waals surface area (Å²) in [4.78, 5) is 2.44. The minimum atomic E-state index is 0.867. The van der Waals surface area contributed by atoms with E-state index in [4.69, 9.17) is 4.42 Å². The van der Waals surface area contributed by atoms with Gasteiger partial charge in [0.05, 0.1) is 27.8 Å². The zero-order valence-corrected chi connectivity index (χ0v) is 28.8. The van der Waals surface area contributed by atoms with Crippen LogP contribution < -0.4 is 4.90 Å². The molecule has 0 fully saturated rings. The van der Waals surface area contributed by atoms with Crippen LogP contribution in [0.4, 0.5) is 17.1 Å². The number of nitrogens with zero attached hydrogens (tertiary/aromatic N) is 2. The Morgan fingerprint density at radius 3 is 1.96 bits per heavy atom. The Kier molecular flexibility index (Phi) is 6.55. The van der Waals surface area contributed by atoms with Gasteiger partial charge in [-0.3, -0.25) is 0 Å². The number of furan rings is 1. The summed E-state index contributed by atoms with van der Waals surface area (Å²) >= 11 is 0. The van der Waals surface area contributed by atoms with Crippen LogP contribution in [0.25, 0.3) is 82.1 Å². The van der Waals surface area contributed by atoms with Crippen molar-refractivity contribution in [1.29, 1.82) is 0 Å². The van der Waals surface area contributed by atoms with E-state index in [1.54, 1.807) is 0 Å². The fourth-order valence-corrected chi connectivity index (χ4v) is 8.43. The second kappa shape index (κ2) is 11.7. The van der Waals surface area contributed by atoms with Gasteiger partial charge in [-0.2, -0.15) is 0 Å². The van der Waals surface area contributed by atoms with Crippen molar-refractivity contribution in [2.24, 2.45) is 0 Å². The average Bonchev–Trinajstić information content (AvgIpc) is 3.78. The monoisotopic (exact) mass is 676 g/mol. The highest BCUT2D eigenvalue weighted by molar-refractivity contribution is 6.21. The normalized spacial score (nSPS) is 11.8. The van der Waals surface area contributed by atoms with Crippen LogP contribution in [-0.4, -0.2) is 4.57 Å². The van der Waals surface area contributed by atoms with E-state index >= 15 is 0 Å². The summed E-state index contributed by atoms with van der Waals surface area (Å²) < 4.78 is 9.12. The third-order valence-electron chi connectivity index (χ3n) is 10.8. The molecule has 0 spiro atoms. The van der Waals surface area contributed by atoms with Crippen LogP contribution in [0.2, 0.25) is 0 Å². The predicted molar refractivity (Wildman–Crippen MR) is 223 cm³/mol. The van der Waals surface area contributed by atoms with Crippen molar-refractivity contribution in [2.45, 2.75) is 0 Å². The van der Waals surface area contributed by atoms with Crippen LogP contribution in [0.15, 0.2) is 199 Å². The lowest BCUT2D eigenvalue weighted by Crippen LogP contribution is -2.11. The Hall–Kier alpha value is -7.10. The standard InChI is InChI=1S/C50H32N2O/c1-3-14-33(15-4-1)37-29-31-45(40-21-10-9-20-39(37)40)52(47-24-13-25-48-49(47)42-28-26-34-16-7-8-19-38(34)50(42)53-48)36-27-30-46-43(32-36)41-22-11-12-23-44(41)51(46)35-17-5-2-6-18-35/h1-32H. The van der Waals surface area contributed by atoms with Gasteiger partial charge < -0.3 is 13.9 Å². The molecule has 0 saturated carbocycles. The minimum absolute atomic E-state index is 0.867. The van der Waals surface area contributed by atoms with Crippen molar-refractivity contribution in [2.75, 3.05) is 4.90 Å². The molecule has 0 atom stereocenters. The molecule has 0 aliphatic rings. The van der Waals surface area contributed by atoms with Crippen LogP contribution >= 0.6 is 0 Å². The number of fused-ring (bicyclic) bond motifs is 9. The number of para-hydroxylation sites is 2. The number of rotatable bonds is 5. The Bertz CT molecular complexity index is 3170. The van der Waals surface area contributed by atoms with E-state index in [-0.39, 0.29) is 0 Å². The summed E-state index contributed by atoms with van der Waals surface area (Å²) in [6, 6.07) is 69.7. The number of anilines is 3. The molecule has 248 valence electrons. The molecule has 0 N–H and O–H groups in total. The molecular formula is C50H32N2O. The Labute approximate surface area is 306 Å².